The molecule has 26 heavy (non-hydrogen) atoms. The van der Waals surface area contributed by atoms with Crippen LogP contribution in [0.25, 0.3) is 0 Å². The average molecular weight is 375 g/mol. The molecular formula is C14H17NO11. The van der Waals surface area contributed by atoms with E-state index in [1.165, 1.54) is 0 Å². The Hall–Kier alpha value is -2.25. The predicted molar refractivity (Wildman–Crippen MR) is 75.7 cm³/mol. The summed E-state index contributed by atoms with van der Waals surface area (Å²) in [6.45, 7) is -0.464. The molecule has 0 spiro atoms. The van der Waals surface area contributed by atoms with Gasteiger partial charge in [-0.05, 0) is 6.08 Å². The molecule has 0 aromatic heterocycles. The fourth-order valence-electron chi connectivity index (χ4n) is 2.91. The van der Waals surface area contributed by atoms with E-state index in [0.29, 0.717) is 0 Å². The number of aliphatic hydroxyl groups excluding tert-OH is 4. The number of aliphatic hydroxyl groups is 4. The molecule has 12 nitrogen and oxygen atoms in total. The predicted octanol–water partition coefficient (Wildman–Crippen LogP) is -3.74. The Bertz CT molecular complexity index is 649. The molecule has 1 amide bonds. The average Bonchev–Trinajstić information content (AvgIpc) is 2.88. The standard InChI is InChI=1S/C14H17NO11/c16-5-3-6-15(5)7(12(20)21)4(25-6)1-2-24-14(23)11-9(18)8(17)10(19)13(22)26-11/h1,6-11,13,17-19,22H,2-3H2,(H,20,21)/b4-1-/t6-,7-,8+,9+,10-,11?,13-/m1/s1. The number of carboxylic acids is 1. The SMILES string of the molecule is O=C(OC/C=C1\O[C@@H]2CC(=O)N2[C@H]1C(=O)O)C1O[C@@H](O)[C@H](O)[C@@H](O)[C@@H]1O. The molecule has 3 heterocycles. The number of ether oxygens (including phenoxy) is 3. The number of carbonyl (C=O) groups excluding carboxylic acids is 2. The van der Waals surface area contributed by atoms with Crippen molar-refractivity contribution >= 4 is 17.8 Å². The largest absolute Gasteiger partial charge is 0.479 e. The maximum atomic E-state index is 11.9. The molecule has 0 aromatic rings. The minimum absolute atomic E-state index is 0.0567. The summed E-state index contributed by atoms with van der Waals surface area (Å²) in [7, 11) is 0. The van der Waals surface area contributed by atoms with Crippen molar-refractivity contribution in [1.82, 2.24) is 4.90 Å². The first kappa shape index (κ1) is 18.5. The number of hydrogen-bond acceptors (Lipinski definition) is 10. The number of aliphatic carboxylic acids is 1. The topological polar surface area (TPSA) is 183 Å². The summed E-state index contributed by atoms with van der Waals surface area (Å²) in [6.07, 6.45) is -8.54. The Morgan fingerprint density at radius 2 is 1.88 bits per heavy atom. The zero-order valence-electron chi connectivity index (χ0n) is 13.2. The maximum absolute atomic E-state index is 11.9. The van der Waals surface area contributed by atoms with E-state index in [9.17, 15) is 39.9 Å². The smallest absolute Gasteiger partial charge is 0.338 e. The zero-order valence-corrected chi connectivity index (χ0v) is 13.2. The van der Waals surface area contributed by atoms with E-state index in [2.05, 4.69) is 0 Å². The van der Waals surface area contributed by atoms with Crippen molar-refractivity contribution in [3.05, 3.63) is 11.8 Å². The van der Waals surface area contributed by atoms with Crippen LogP contribution in [0.4, 0.5) is 0 Å². The van der Waals surface area contributed by atoms with Crippen molar-refractivity contribution in [2.24, 2.45) is 0 Å². The molecule has 0 aliphatic carbocycles. The summed E-state index contributed by atoms with van der Waals surface area (Å²) in [6, 6.07) is -1.31. The summed E-state index contributed by atoms with van der Waals surface area (Å²) >= 11 is 0. The molecular weight excluding hydrogens is 358 g/mol. The number of carboxylic acid groups (broad SMARTS) is 1. The third kappa shape index (κ3) is 3.01. The second-order valence-corrected chi connectivity index (χ2v) is 5.97. The Labute approximate surface area is 145 Å². The summed E-state index contributed by atoms with van der Waals surface area (Å²) in [5.74, 6) is -2.89. The van der Waals surface area contributed by atoms with Gasteiger partial charge >= 0.3 is 11.9 Å². The van der Waals surface area contributed by atoms with Crippen LogP contribution in [-0.4, -0.2) is 97.9 Å². The second kappa shape index (κ2) is 6.81. The molecule has 7 atom stereocenters. The monoisotopic (exact) mass is 375 g/mol. The van der Waals surface area contributed by atoms with Crippen LogP contribution in [0.1, 0.15) is 6.42 Å². The quantitative estimate of drug-likeness (QED) is 0.240. The van der Waals surface area contributed by atoms with Gasteiger partial charge in [-0.2, -0.15) is 0 Å². The fraction of sp³-hybridized carbons (Fsp3) is 0.643. The van der Waals surface area contributed by atoms with E-state index in [-0.39, 0.29) is 18.1 Å². The molecule has 3 fully saturated rings. The molecule has 3 aliphatic rings. The number of fused-ring (bicyclic) bond motifs is 1. The van der Waals surface area contributed by atoms with Crippen LogP contribution in [0, 0.1) is 0 Å². The molecule has 1 unspecified atom stereocenters. The zero-order chi connectivity index (χ0) is 19.2. The number of hydrogen-bond donors (Lipinski definition) is 5. The molecule has 144 valence electrons. The molecule has 5 N–H and O–H groups in total. The van der Waals surface area contributed by atoms with Gasteiger partial charge in [0.05, 0.1) is 6.42 Å². The van der Waals surface area contributed by atoms with Gasteiger partial charge in [-0.25, -0.2) is 9.59 Å². The van der Waals surface area contributed by atoms with Gasteiger partial charge in [0, 0.05) is 0 Å². The van der Waals surface area contributed by atoms with Crippen molar-refractivity contribution in [3.8, 4) is 0 Å². The lowest BCUT2D eigenvalue weighted by atomic mass is 9.99. The fourth-order valence-corrected chi connectivity index (χ4v) is 2.91. The lowest BCUT2D eigenvalue weighted by Gasteiger charge is -2.36. The highest BCUT2D eigenvalue weighted by molar-refractivity contribution is 5.91. The van der Waals surface area contributed by atoms with E-state index in [1.807, 2.05) is 0 Å². The van der Waals surface area contributed by atoms with Gasteiger partial charge in [-0.15, -0.1) is 0 Å². The van der Waals surface area contributed by atoms with Crippen LogP contribution in [0.2, 0.25) is 0 Å². The van der Waals surface area contributed by atoms with Crippen LogP contribution in [0.15, 0.2) is 11.8 Å². The number of rotatable bonds is 4. The summed E-state index contributed by atoms with van der Waals surface area (Å²) in [4.78, 5) is 35.7. The van der Waals surface area contributed by atoms with E-state index in [1.54, 1.807) is 0 Å². The van der Waals surface area contributed by atoms with Gasteiger partial charge in [0.2, 0.25) is 5.91 Å². The van der Waals surface area contributed by atoms with Gasteiger partial charge in [-0.1, -0.05) is 0 Å². The first-order chi connectivity index (χ1) is 12.2. The van der Waals surface area contributed by atoms with E-state index < -0.39 is 61.5 Å². The van der Waals surface area contributed by atoms with Crippen LogP contribution < -0.4 is 0 Å². The first-order valence-electron chi connectivity index (χ1n) is 7.67. The Morgan fingerprint density at radius 3 is 2.50 bits per heavy atom. The Morgan fingerprint density at radius 1 is 1.19 bits per heavy atom. The van der Waals surface area contributed by atoms with E-state index in [4.69, 9.17) is 14.2 Å². The van der Waals surface area contributed by atoms with Crippen molar-refractivity contribution in [1.29, 1.82) is 0 Å². The number of carbonyl (C=O) groups is 3. The second-order valence-electron chi connectivity index (χ2n) is 5.97. The minimum Gasteiger partial charge on any atom is -0.479 e. The molecule has 3 rings (SSSR count). The molecule has 3 saturated heterocycles. The number of β-lactam (4-membered cyclic amide) rings is 1. The first-order valence-corrected chi connectivity index (χ1v) is 7.67. The van der Waals surface area contributed by atoms with E-state index in [0.717, 1.165) is 11.0 Å². The normalized spacial score (nSPS) is 40.6. The molecule has 0 radical (unpaired) electrons. The highest BCUT2D eigenvalue weighted by Gasteiger charge is 2.53. The highest BCUT2D eigenvalue weighted by atomic mass is 16.7. The Kier molecular flexibility index (Phi) is 4.86. The molecule has 0 bridgehead atoms. The van der Waals surface area contributed by atoms with Gasteiger partial charge in [0.1, 0.15) is 30.7 Å². The Balaban J connectivity index is 1.60. The number of nitrogens with zero attached hydrogens (tertiary/aromatic N) is 1. The molecule has 0 saturated carbocycles. The van der Waals surface area contributed by atoms with Crippen molar-refractivity contribution < 1.29 is 54.1 Å². The lowest BCUT2D eigenvalue weighted by Crippen LogP contribution is -2.59. The van der Waals surface area contributed by atoms with Gasteiger partial charge in [0.15, 0.2) is 24.7 Å². The number of amides is 1. The third-order valence-corrected chi connectivity index (χ3v) is 4.33. The minimum atomic E-state index is -1.90. The molecule has 12 heteroatoms. The van der Waals surface area contributed by atoms with E-state index >= 15 is 0 Å². The third-order valence-electron chi connectivity index (χ3n) is 4.33. The summed E-state index contributed by atoms with van der Waals surface area (Å²) in [5.41, 5.74) is 0. The number of esters is 1. The summed E-state index contributed by atoms with van der Waals surface area (Å²) in [5, 5.41) is 47.2. The van der Waals surface area contributed by atoms with Crippen LogP contribution in [-0.2, 0) is 28.6 Å². The van der Waals surface area contributed by atoms with Gasteiger partial charge < -0.3 is 39.7 Å². The molecule has 0 aromatic carbocycles. The van der Waals surface area contributed by atoms with Crippen molar-refractivity contribution in [2.45, 2.75) is 49.4 Å². The van der Waals surface area contributed by atoms with Crippen molar-refractivity contribution in [3.63, 3.8) is 0 Å². The molecule has 3 aliphatic heterocycles. The van der Waals surface area contributed by atoms with Gasteiger partial charge in [-0.3, -0.25) is 9.69 Å². The van der Waals surface area contributed by atoms with Crippen LogP contribution in [0.3, 0.4) is 0 Å². The van der Waals surface area contributed by atoms with Gasteiger partial charge in [0.25, 0.3) is 0 Å². The maximum Gasteiger partial charge on any atom is 0.338 e. The van der Waals surface area contributed by atoms with Crippen molar-refractivity contribution in [2.75, 3.05) is 6.61 Å². The lowest BCUT2D eigenvalue weighted by molar-refractivity contribution is -0.280. The summed E-state index contributed by atoms with van der Waals surface area (Å²) < 4.78 is 14.8. The van der Waals surface area contributed by atoms with Crippen LogP contribution >= 0.6 is 0 Å². The highest BCUT2D eigenvalue weighted by Crippen LogP contribution is 2.36. The van der Waals surface area contributed by atoms with Crippen LogP contribution in [0.5, 0.6) is 0 Å².